The van der Waals surface area contributed by atoms with Crippen LogP contribution in [0.1, 0.15) is 17.3 Å². The molecule has 0 aromatic heterocycles. The predicted molar refractivity (Wildman–Crippen MR) is 96.0 cm³/mol. The Morgan fingerprint density at radius 3 is 2.12 bits per heavy atom. The molecule has 2 rings (SSSR count). The van der Waals surface area contributed by atoms with Gasteiger partial charge in [-0.2, -0.15) is 0 Å². The van der Waals surface area contributed by atoms with Crippen molar-refractivity contribution in [1.82, 2.24) is 4.31 Å². The minimum Gasteiger partial charge on any atom is -0.325 e. The van der Waals surface area contributed by atoms with Crippen LogP contribution in [0.15, 0.2) is 47.4 Å². The number of hydrogen-bond donors (Lipinski definition) is 2. The smallest absolute Gasteiger partial charge is 0.255 e. The Hall–Kier alpha value is -2.78. The van der Waals surface area contributed by atoms with Crippen molar-refractivity contribution in [3.05, 3.63) is 53.8 Å². The highest BCUT2D eigenvalue weighted by Crippen LogP contribution is 2.24. The average Bonchev–Trinajstić information content (AvgIpc) is 2.57. The van der Waals surface area contributed by atoms with Crippen LogP contribution in [0.5, 0.6) is 0 Å². The molecule has 0 bridgehead atoms. The van der Waals surface area contributed by atoms with Crippen molar-refractivity contribution in [1.29, 1.82) is 0 Å². The molecule has 0 spiro atoms. The maximum atomic E-state index is 13.5. The Morgan fingerprint density at radius 1 is 0.962 bits per heavy atom. The van der Waals surface area contributed by atoms with E-state index in [2.05, 4.69) is 10.6 Å². The van der Waals surface area contributed by atoms with Crippen LogP contribution in [-0.2, 0) is 14.8 Å². The molecule has 138 valence electrons. The van der Waals surface area contributed by atoms with Crippen LogP contribution in [-0.4, -0.2) is 38.6 Å². The molecular weight excluding hydrogens is 361 g/mol. The number of benzene rings is 2. The third-order valence-electron chi connectivity index (χ3n) is 3.44. The van der Waals surface area contributed by atoms with E-state index in [0.717, 1.165) is 16.4 Å². The second kappa shape index (κ2) is 7.63. The van der Waals surface area contributed by atoms with Crippen molar-refractivity contribution >= 4 is 33.2 Å². The standard InChI is InChI=1S/C17H18FN3O4S/c1-11(22)19-15-9-6-13(18)10-16(15)20-17(23)12-4-7-14(8-5-12)26(24,25)21(2)3/h4-10H,1-3H3,(H,19,22)(H,20,23). The summed E-state index contributed by atoms with van der Waals surface area (Å²) in [6.07, 6.45) is 0. The number of sulfonamides is 1. The lowest BCUT2D eigenvalue weighted by atomic mass is 10.2. The highest BCUT2D eigenvalue weighted by Gasteiger charge is 2.18. The fraction of sp³-hybridized carbons (Fsp3) is 0.176. The van der Waals surface area contributed by atoms with E-state index in [4.69, 9.17) is 0 Å². The molecule has 0 aliphatic rings. The number of halogens is 1. The molecule has 0 aliphatic heterocycles. The Labute approximate surface area is 150 Å². The lowest BCUT2D eigenvalue weighted by Crippen LogP contribution is -2.22. The number of nitrogens with zero attached hydrogens (tertiary/aromatic N) is 1. The lowest BCUT2D eigenvalue weighted by molar-refractivity contribution is -0.114. The Balaban J connectivity index is 2.26. The number of anilines is 2. The molecule has 0 heterocycles. The Morgan fingerprint density at radius 2 is 1.58 bits per heavy atom. The minimum absolute atomic E-state index is 0.0451. The van der Waals surface area contributed by atoms with Gasteiger partial charge in [0.15, 0.2) is 0 Å². The molecule has 0 radical (unpaired) electrons. The molecule has 9 heteroatoms. The van der Waals surface area contributed by atoms with Gasteiger partial charge in [0.25, 0.3) is 5.91 Å². The first-order chi connectivity index (χ1) is 12.1. The highest BCUT2D eigenvalue weighted by atomic mass is 32.2. The number of carbonyl (C=O) groups excluding carboxylic acids is 2. The number of rotatable bonds is 5. The molecule has 2 aromatic rings. The van der Waals surface area contributed by atoms with E-state index in [1.807, 2.05) is 0 Å². The summed E-state index contributed by atoms with van der Waals surface area (Å²) in [5, 5.41) is 4.99. The van der Waals surface area contributed by atoms with Gasteiger partial charge in [0.05, 0.1) is 16.3 Å². The van der Waals surface area contributed by atoms with Gasteiger partial charge in [0.2, 0.25) is 15.9 Å². The normalized spacial score (nSPS) is 11.3. The summed E-state index contributed by atoms with van der Waals surface area (Å²) in [4.78, 5) is 23.6. The van der Waals surface area contributed by atoms with Crippen molar-refractivity contribution in [3.63, 3.8) is 0 Å². The van der Waals surface area contributed by atoms with E-state index < -0.39 is 21.7 Å². The van der Waals surface area contributed by atoms with Gasteiger partial charge in [-0.15, -0.1) is 0 Å². The summed E-state index contributed by atoms with van der Waals surface area (Å²) >= 11 is 0. The van der Waals surface area contributed by atoms with Gasteiger partial charge in [-0.3, -0.25) is 9.59 Å². The van der Waals surface area contributed by atoms with Gasteiger partial charge in [0, 0.05) is 26.6 Å². The Bertz CT molecular complexity index is 941. The molecule has 0 saturated carbocycles. The van der Waals surface area contributed by atoms with Crippen LogP contribution in [0.2, 0.25) is 0 Å². The molecule has 0 saturated heterocycles. The van der Waals surface area contributed by atoms with Crippen LogP contribution < -0.4 is 10.6 Å². The maximum Gasteiger partial charge on any atom is 0.255 e. The van der Waals surface area contributed by atoms with E-state index in [0.29, 0.717) is 0 Å². The SMILES string of the molecule is CC(=O)Nc1ccc(F)cc1NC(=O)c1ccc(S(=O)(=O)N(C)C)cc1. The van der Waals surface area contributed by atoms with Crippen molar-refractivity contribution in [2.24, 2.45) is 0 Å². The van der Waals surface area contributed by atoms with Gasteiger partial charge < -0.3 is 10.6 Å². The minimum atomic E-state index is -3.60. The number of hydrogen-bond acceptors (Lipinski definition) is 4. The molecule has 26 heavy (non-hydrogen) atoms. The summed E-state index contributed by atoms with van der Waals surface area (Å²) in [7, 11) is -0.787. The van der Waals surface area contributed by atoms with E-state index in [-0.39, 0.29) is 27.7 Å². The molecule has 0 aliphatic carbocycles. The summed E-state index contributed by atoms with van der Waals surface area (Å²) < 4.78 is 38.6. The number of nitrogens with one attached hydrogen (secondary N) is 2. The zero-order valence-corrected chi connectivity index (χ0v) is 15.2. The van der Waals surface area contributed by atoms with E-state index >= 15 is 0 Å². The molecule has 7 nitrogen and oxygen atoms in total. The Kier molecular flexibility index (Phi) is 5.73. The second-order valence-corrected chi connectivity index (χ2v) is 7.79. The molecule has 0 unspecified atom stereocenters. The summed E-state index contributed by atoms with van der Waals surface area (Å²) in [5.41, 5.74) is 0.523. The third-order valence-corrected chi connectivity index (χ3v) is 5.26. The van der Waals surface area contributed by atoms with E-state index in [9.17, 15) is 22.4 Å². The van der Waals surface area contributed by atoms with Crippen LogP contribution in [0, 0.1) is 5.82 Å². The van der Waals surface area contributed by atoms with E-state index in [1.165, 1.54) is 51.4 Å². The monoisotopic (exact) mass is 379 g/mol. The van der Waals surface area contributed by atoms with Crippen molar-refractivity contribution < 1.29 is 22.4 Å². The molecule has 0 fully saturated rings. The maximum absolute atomic E-state index is 13.5. The number of amides is 2. The van der Waals surface area contributed by atoms with Crippen LogP contribution >= 0.6 is 0 Å². The lowest BCUT2D eigenvalue weighted by Gasteiger charge is -2.13. The first kappa shape index (κ1) is 19.5. The van der Waals surface area contributed by atoms with Crippen molar-refractivity contribution in [2.75, 3.05) is 24.7 Å². The predicted octanol–water partition coefficient (Wildman–Crippen LogP) is 2.29. The summed E-state index contributed by atoms with van der Waals surface area (Å²) in [6, 6.07) is 8.89. The van der Waals surface area contributed by atoms with Gasteiger partial charge in [-0.05, 0) is 42.5 Å². The number of carbonyl (C=O) groups is 2. The van der Waals surface area contributed by atoms with Crippen LogP contribution in [0.3, 0.4) is 0 Å². The van der Waals surface area contributed by atoms with Crippen molar-refractivity contribution in [2.45, 2.75) is 11.8 Å². The van der Waals surface area contributed by atoms with Crippen LogP contribution in [0.25, 0.3) is 0 Å². The van der Waals surface area contributed by atoms with Gasteiger partial charge in [-0.25, -0.2) is 17.1 Å². The van der Waals surface area contributed by atoms with E-state index in [1.54, 1.807) is 0 Å². The molecule has 2 N–H and O–H groups in total. The first-order valence-corrected chi connectivity index (χ1v) is 8.96. The van der Waals surface area contributed by atoms with Gasteiger partial charge >= 0.3 is 0 Å². The molecule has 2 amide bonds. The quantitative estimate of drug-likeness (QED) is 0.833. The topological polar surface area (TPSA) is 95.6 Å². The summed E-state index contributed by atoms with van der Waals surface area (Å²) in [5.74, 6) is -1.52. The largest absolute Gasteiger partial charge is 0.325 e. The van der Waals surface area contributed by atoms with Crippen LogP contribution in [0.4, 0.5) is 15.8 Å². The van der Waals surface area contributed by atoms with Gasteiger partial charge in [-0.1, -0.05) is 0 Å². The molecule has 2 aromatic carbocycles. The van der Waals surface area contributed by atoms with Gasteiger partial charge in [0.1, 0.15) is 5.82 Å². The zero-order valence-electron chi connectivity index (χ0n) is 14.4. The third kappa shape index (κ3) is 4.44. The molecule has 0 atom stereocenters. The summed E-state index contributed by atoms with van der Waals surface area (Å²) in [6.45, 7) is 1.29. The molecular formula is C17H18FN3O4S. The zero-order chi connectivity index (χ0) is 19.5. The first-order valence-electron chi connectivity index (χ1n) is 7.52. The fourth-order valence-electron chi connectivity index (χ4n) is 2.10. The fourth-order valence-corrected chi connectivity index (χ4v) is 3.00. The van der Waals surface area contributed by atoms with Crippen molar-refractivity contribution in [3.8, 4) is 0 Å². The second-order valence-electron chi connectivity index (χ2n) is 5.64. The highest BCUT2D eigenvalue weighted by molar-refractivity contribution is 7.89. The average molecular weight is 379 g/mol.